The second kappa shape index (κ2) is 34.1. The van der Waals surface area contributed by atoms with Crippen molar-refractivity contribution in [2.45, 2.75) is 348 Å². The maximum absolute atomic E-state index is 12.6. The molecule has 20 rings (SSSR count). The summed E-state index contributed by atoms with van der Waals surface area (Å²) in [6.45, 7) is 39.4. The third kappa shape index (κ3) is 16.5. The van der Waals surface area contributed by atoms with Crippen LogP contribution in [0.15, 0.2) is 0 Å². The Morgan fingerprint density at radius 1 is 0.347 bits per heavy atom. The summed E-state index contributed by atoms with van der Waals surface area (Å²) in [6, 6.07) is 0. The first-order chi connectivity index (χ1) is 58.3. The molecule has 0 aromatic heterocycles. The van der Waals surface area contributed by atoms with Crippen LogP contribution in [0.5, 0.6) is 0 Å². The molecule has 14 saturated carbocycles. The maximum Gasteiger partial charge on any atom is 0.312 e. The highest BCUT2D eigenvalue weighted by Gasteiger charge is 2.73. The van der Waals surface area contributed by atoms with Gasteiger partial charge < -0.3 is 47.4 Å². The highest BCUT2D eigenvalue weighted by molar-refractivity contribution is 5.86. The van der Waals surface area contributed by atoms with Gasteiger partial charge in [-0.1, -0.05) is 69.2 Å². The van der Waals surface area contributed by atoms with Crippen molar-refractivity contribution in [2.24, 2.45) is 178 Å². The number of ketones is 2. The van der Waals surface area contributed by atoms with E-state index in [2.05, 4.69) is 41.5 Å². The van der Waals surface area contributed by atoms with E-state index in [1.165, 1.54) is 19.3 Å². The number of carbonyl (C=O) groups is 12. The molecule has 6 saturated heterocycles. The van der Waals surface area contributed by atoms with Gasteiger partial charge in [-0.25, -0.2) is 0 Å². The summed E-state index contributed by atoms with van der Waals surface area (Å²) in [4.78, 5) is 145. The molecule has 0 aromatic rings. The van der Waals surface area contributed by atoms with Crippen molar-refractivity contribution in [1.29, 1.82) is 0 Å². The van der Waals surface area contributed by atoms with Crippen LogP contribution in [-0.2, 0) is 105 Å². The molecule has 0 amide bonds. The highest BCUT2D eigenvalue weighted by atomic mass is 16.6. The first kappa shape index (κ1) is 92.7. The summed E-state index contributed by atoms with van der Waals surface area (Å²) in [7, 11) is 0. The maximum atomic E-state index is 12.6. The van der Waals surface area contributed by atoms with Gasteiger partial charge in [-0.05, 0) is 318 Å². The SMILES string of the molecule is CCC(C)(C)C(=O)CC1CC2CC1CC21CCOC1=O.CCC(C)(C)C(=O)CC1CC2CC1CC21COC(=O)C1.CCC(C)(C)C(=O)OC1CC2CC1C1(CCOC1=O)C2.CCC(C)(C)C(=O)OC1CC2CC1C1(COC(=O)C1)C2.CCC(C)(C)C(=O)OC1CC2CC1C1C(=O)OCC21.CCC(C)(C)C(=O)OC1CC2CC1C1C2C2CC1C1(CCOC1=O)C2. The lowest BCUT2D eigenvalue weighted by Gasteiger charge is -2.44. The number of rotatable bonds is 20. The average Bonchev–Trinajstić information content (AvgIpc) is 1.51. The number of ether oxygens (including phenoxy) is 10. The van der Waals surface area contributed by atoms with Gasteiger partial charge in [0.25, 0.3) is 0 Å². The van der Waals surface area contributed by atoms with Crippen molar-refractivity contribution < 1.29 is 105 Å². The number of Topliss-reactive ketones (excluding diaryl/α,β-unsaturated/α-hetero) is 2. The molecular formula is C102H152O22. The number of fused-ring (bicyclic) bond motifs is 27. The Morgan fingerprint density at radius 3 is 1.21 bits per heavy atom. The zero-order chi connectivity index (χ0) is 89.5. The Kier molecular flexibility index (Phi) is 25.5. The fraction of sp³-hybridized carbons (Fsp3) is 0.882. The molecule has 0 aromatic carbocycles. The largest absolute Gasteiger partial charge is 0.465 e. The normalized spacial score (nSPS) is 41.6. The minimum atomic E-state index is -0.439. The van der Waals surface area contributed by atoms with E-state index >= 15 is 0 Å². The fourth-order valence-electron chi connectivity index (χ4n) is 28.9. The lowest BCUT2D eigenvalue weighted by molar-refractivity contribution is -0.169. The van der Waals surface area contributed by atoms with Crippen LogP contribution in [0.1, 0.15) is 324 Å². The molecule has 692 valence electrons. The molecule has 22 heteroatoms. The molecule has 22 nitrogen and oxygen atoms in total. The van der Waals surface area contributed by atoms with Gasteiger partial charge in [0.2, 0.25) is 0 Å². The molecule has 6 heterocycles. The van der Waals surface area contributed by atoms with Crippen LogP contribution in [0.25, 0.3) is 0 Å². The van der Waals surface area contributed by atoms with Crippen LogP contribution in [0.3, 0.4) is 0 Å². The van der Waals surface area contributed by atoms with Crippen LogP contribution in [0.2, 0.25) is 0 Å². The predicted octanol–water partition coefficient (Wildman–Crippen LogP) is 17.9. The monoisotopic (exact) mass is 1730 g/mol. The lowest BCUT2D eigenvalue weighted by Crippen LogP contribution is -2.46. The van der Waals surface area contributed by atoms with Gasteiger partial charge in [-0.15, -0.1) is 0 Å². The summed E-state index contributed by atoms with van der Waals surface area (Å²) >= 11 is 0. The van der Waals surface area contributed by atoms with E-state index in [9.17, 15) is 57.5 Å². The predicted molar refractivity (Wildman–Crippen MR) is 457 cm³/mol. The highest BCUT2D eigenvalue weighted by Crippen LogP contribution is 2.74. The third-order valence-electron chi connectivity index (χ3n) is 39.0. The van der Waals surface area contributed by atoms with Gasteiger partial charge in [0.15, 0.2) is 0 Å². The van der Waals surface area contributed by atoms with Crippen molar-refractivity contribution >= 4 is 71.3 Å². The van der Waals surface area contributed by atoms with Crippen LogP contribution >= 0.6 is 0 Å². The number of carbonyl (C=O) groups excluding carboxylic acids is 12. The Hall–Kier alpha value is -5.96. The zero-order valence-corrected chi connectivity index (χ0v) is 78.5. The number of esters is 10. The van der Waals surface area contributed by atoms with Gasteiger partial charge in [0.1, 0.15) is 36.0 Å². The van der Waals surface area contributed by atoms with Crippen LogP contribution in [0, 0.1) is 178 Å². The number of hydrogen-bond acceptors (Lipinski definition) is 22. The molecule has 14 bridgehead atoms. The topological polar surface area (TPSA) is 297 Å². The molecule has 0 radical (unpaired) electrons. The van der Waals surface area contributed by atoms with Crippen molar-refractivity contribution in [1.82, 2.24) is 0 Å². The summed E-state index contributed by atoms with van der Waals surface area (Å²) < 4.78 is 54.8. The molecule has 0 N–H and O–H groups in total. The van der Waals surface area contributed by atoms with E-state index in [1.807, 2.05) is 83.1 Å². The van der Waals surface area contributed by atoms with E-state index in [4.69, 9.17) is 47.4 Å². The van der Waals surface area contributed by atoms with E-state index in [-0.39, 0.29) is 140 Å². The van der Waals surface area contributed by atoms with Gasteiger partial charge in [0.05, 0.1) is 96.3 Å². The summed E-state index contributed by atoms with van der Waals surface area (Å²) in [6.07, 6.45) is 29.1. The Morgan fingerprint density at radius 2 is 0.766 bits per heavy atom. The van der Waals surface area contributed by atoms with Crippen molar-refractivity contribution in [3.8, 4) is 0 Å². The summed E-state index contributed by atoms with van der Waals surface area (Å²) in [5.74, 6) is 10.1. The van der Waals surface area contributed by atoms with Gasteiger partial charge >= 0.3 is 59.7 Å². The zero-order valence-electron chi connectivity index (χ0n) is 78.5. The minimum Gasteiger partial charge on any atom is -0.465 e. The summed E-state index contributed by atoms with van der Waals surface area (Å²) in [5.41, 5.74) is -2.64. The average molecular weight is 1730 g/mol. The fourth-order valence-corrected chi connectivity index (χ4v) is 28.9. The molecular weight excluding hydrogens is 1580 g/mol. The van der Waals surface area contributed by atoms with Gasteiger partial charge in [-0.3, -0.25) is 57.5 Å². The van der Waals surface area contributed by atoms with E-state index in [0.717, 1.165) is 166 Å². The van der Waals surface area contributed by atoms with E-state index in [1.54, 1.807) is 0 Å². The standard InChI is InChI=1S/C21H30O4.2C17H26O3.2C16H24O4.C15H22O4/c1-4-20(2,3)18(22)25-15-9-11-7-13(15)17-14-8-12(16(11)17)10-21(14)5-6-24-19(21)23;1-4-16(2,3)14(18)7-11-5-13-6-12(11)8-17(13)9-15(19)20-10-17;1-4-16(2,3)14(18)9-11-7-13-8-12(11)10-17(13)5-6-20-15(17)19;1-4-15(2,3)14(18)20-12-6-10-5-11(12)16(7-10)8-13(17)19-9-16;1-4-15(2,3)13(17)20-12-8-10-7-11(12)16(9-10)5-6-19-14(16)18;1-4-15(2,3)14(17)19-11-6-8-5-9(11)12-10(8)7-18-13(12)16/h11-17H,4-10H2,1-3H3;2*11-13H,4-10H2,1-3H3;2*10-12H,4-9H2,1-3H3;8-12H,4-7H2,1-3H3. The van der Waals surface area contributed by atoms with Crippen molar-refractivity contribution in [3.05, 3.63) is 0 Å². The molecule has 29 unspecified atom stereocenters. The molecule has 5 spiro atoms. The second-order valence-corrected chi connectivity index (χ2v) is 47.6. The Balaban J connectivity index is 0.000000115. The smallest absolute Gasteiger partial charge is 0.312 e. The van der Waals surface area contributed by atoms with Crippen LogP contribution in [-0.4, -0.2) is 135 Å². The quantitative estimate of drug-likeness (QED) is 0.0621. The van der Waals surface area contributed by atoms with Crippen molar-refractivity contribution in [2.75, 3.05) is 39.6 Å². The van der Waals surface area contributed by atoms with E-state index < -0.39 is 21.7 Å². The minimum absolute atomic E-state index is 0.0124. The molecule has 6 aliphatic heterocycles. The Labute approximate surface area is 738 Å². The van der Waals surface area contributed by atoms with Crippen molar-refractivity contribution in [3.63, 3.8) is 0 Å². The summed E-state index contributed by atoms with van der Waals surface area (Å²) in [5, 5.41) is 0. The molecule has 14 aliphatic carbocycles. The van der Waals surface area contributed by atoms with E-state index in [0.29, 0.717) is 165 Å². The van der Waals surface area contributed by atoms with Gasteiger partial charge in [0, 0.05) is 58.2 Å². The lowest BCUT2D eigenvalue weighted by atomic mass is 9.60. The first-order valence-corrected chi connectivity index (χ1v) is 49.2. The Bertz CT molecular complexity index is 4130. The van der Waals surface area contributed by atoms with Crippen LogP contribution < -0.4 is 0 Å². The van der Waals surface area contributed by atoms with Crippen LogP contribution in [0.4, 0.5) is 0 Å². The first-order valence-electron chi connectivity index (χ1n) is 49.2. The number of cyclic esters (lactones) is 6. The van der Waals surface area contributed by atoms with Gasteiger partial charge in [-0.2, -0.15) is 0 Å². The number of hydrogen-bond donors (Lipinski definition) is 0. The molecule has 20 fully saturated rings. The molecule has 20 aliphatic rings. The molecule has 29 atom stereocenters. The molecule has 124 heavy (non-hydrogen) atoms. The second-order valence-electron chi connectivity index (χ2n) is 47.6. The third-order valence-corrected chi connectivity index (χ3v) is 39.0.